The molecular formula is C15H17N3O2S. The van der Waals surface area contributed by atoms with Crippen molar-refractivity contribution in [3.05, 3.63) is 52.2 Å². The average molecular weight is 303 g/mol. The molecule has 0 spiro atoms. The van der Waals surface area contributed by atoms with Gasteiger partial charge in [-0.05, 0) is 29.6 Å². The van der Waals surface area contributed by atoms with Crippen LogP contribution in [0.15, 0.2) is 41.8 Å². The van der Waals surface area contributed by atoms with Gasteiger partial charge in [-0.15, -0.1) is 11.3 Å². The summed E-state index contributed by atoms with van der Waals surface area (Å²) >= 11 is 1.59. The number of anilines is 1. The van der Waals surface area contributed by atoms with Gasteiger partial charge in [0.1, 0.15) is 0 Å². The minimum absolute atomic E-state index is 0.0994. The number of carbonyl (C=O) groups is 2. The quantitative estimate of drug-likeness (QED) is 0.912. The maximum Gasteiger partial charge on any atom is 0.319 e. The Kier molecular flexibility index (Phi) is 4.94. The fourth-order valence-corrected chi connectivity index (χ4v) is 2.39. The summed E-state index contributed by atoms with van der Waals surface area (Å²) in [6, 6.07) is 10.5. The molecular weight excluding hydrogens is 286 g/mol. The Morgan fingerprint density at radius 3 is 2.67 bits per heavy atom. The second-order valence-corrected chi connectivity index (χ2v) is 5.70. The minimum Gasteiger partial charge on any atom is -0.345 e. The first-order chi connectivity index (χ1) is 10.1. The molecule has 0 aliphatic heterocycles. The Labute approximate surface area is 127 Å². The molecule has 0 fully saturated rings. The van der Waals surface area contributed by atoms with Gasteiger partial charge in [-0.1, -0.05) is 12.1 Å². The van der Waals surface area contributed by atoms with Gasteiger partial charge in [-0.3, -0.25) is 4.79 Å². The van der Waals surface area contributed by atoms with E-state index in [2.05, 4.69) is 10.6 Å². The van der Waals surface area contributed by atoms with Gasteiger partial charge in [0, 0.05) is 30.2 Å². The van der Waals surface area contributed by atoms with E-state index in [-0.39, 0.29) is 11.9 Å². The molecule has 2 aromatic rings. The number of nitrogens with zero attached hydrogens (tertiary/aromatic N) is 1. The van der Waals surface area contributed by atoms with Gasteiger partial charge >= 0.3 is 6.03 Å². The summed E-state index contributed by atoms with van der Waals surface area (Å²) in [6.07, 6.45) is 0. The number of rotatable bonds is 4. The maximum atomic E-state index is 11.9. The molecule has 1 aromatic heterocycles. The molecule has 0 radical (unpaired) electrons. The van der Waals surface area contributed by atoms with Crippen LogP contribution in [0.2, 0.25) is 0 Å². The Morgan fingerprint density at radius 2 is 2.00 bits per heavy atom. The maximum absolute atomic E-state index is 11.9. The monoisotopic (exact) mass is 303 g/mol. The Balaban J connectivity index is 1.94. The zero-order valence-corrected chi connectivity index (χ0v) is 12.7. The molecule has 0 aliphatic carbocycles. The molecule has 2 rings (SSSR count). The lowest BCUT2D eigenvalue weighted by molar-refractivity contribution is 0.0827. The molecule has 5 nitrogen and oxygen atoms in total. The summed E-state index contributed by atoms with van der Waals surface area (Å²) in [5.41, 5.74) is 1.13. The van der Waals surface area contributed by atoms with Gasteiger partial charge in [0.15, 0.2) is 0 Å². The highest BCUT2D eigenvalue weighted by atomic mass is 32.1. The number of hydrogen-bond acceptors (Lipinski definition) is 3. The summed E-state index contributed by atoms with van der Waals surface area (Å²) in [7, 11) is 3.38. The third-order valence-electron chi connectivity index (χ3n) is 2.78. The number of carbonyl (C=O) groups excluding carboxylic acids is 2. The minimum atomic E-state index is -0.294. The van der Waals surface area contributed by atoms with Crippen molar-refractivity contribution in [2.75, 3.05) is 19.4 Å². The van der Waals surface area contributed by atoms with E-state index in [0.29, 0.717) is 17.8 Å². The number of hydrogen-bond donors (Lipinski definition) is 2. The molecule has 1 aromatic carbocycles. The highest BCUT2D eigenvalue weighted by Gasteiger charge is 2.09. The van der Waals surface area contributed by atoms with Crippen molar-refractivity contribution < 1.29 is 9.59 Å². The lowest BCUT2D eigenvalue weighted by Crippen LogP contribution is -2.28. The predicted molar refractivity (Wildman–Crippen MR) is 84.6 cm³/mol. The fourth-order valence-electron chi connectivity index (χ4n) is 1.74. The van der Waals surface area contributed by atoms with Crippen molar-refractivity contribution in [3.63, 3.8) is 0 Å². The van der Waals surface area contributed by atoms with Crippen LogP contribution in [0, 0.1) is 0 Å². The van der Waals surface area contributed by atoms with Crippen molar-refractivity contribution in [1.29, 1.82) is 0 Å². The number of urea groups is 1. The van der Waals surface area contributed by atoms with Crippen LogP contribution in [-0.4, -0.2) is 30.9 Å². The van der Waals surface area contributed by atoms with Gasteiger partial charge in [0.2, 0.25) is 0 Å². The second-order valence-electron chi connectivity index (χ2n) is 4.67. The Bertz CT molecular complexity index is 624. The van der Waals surface area contributed by atoms with E-state index in [1.165, 1.54) is 4.90 Å². The predicted octanol–water partition coefficient (Wildman–Crippen LogP) is 2.77. The Hall–Kier alpha value is -2.34. The van der Waals surface area contributed by atoms with Crippen LogP contribution in [-0.2, 0) is 6.54 Å². The van der Waals surface area contributed by atoms with Gasteiger partial charge in [0.05, 0.1) is 6.54 Å². The van der Waals surface area contributed by atoms with Crippen LogP contribution >= 0.6 is 11.3 Å². The molecule has 110 valence electrons. The molecule has 0 bridgehead atoms. The first-order valence-electron chi connectivity index (χ1n) is 6.45. The fraction of sp³-hybridized carbons (Fsp3) is 0.200. The third-order valence-corrected chi connectivity index (χ3v) is 3.65. The highest BCUT2D eigenvalue weighted by Crippen LogP contribution is 2.12. The molecule has 0 unspecified atom stereocenters. The second kappa shape index (κ2) is 6.90. The molecule has 2 N–H and O–H groups in total. The topological polar surface area (TPSA) is 61.4 Å². The van der Waals surface area contributed by atoms with Crippen LogP contribution in [0.1, 0.15) is 15.2 Å². The molecule has 6 heteroatoms. The average Bonchev–Trinajstić information content (AvgIpc) is 2.98. The van der Waals surface area contributed by atoms with E-state index in [0.717, 1.165) is 4.88 Å². The van der Waals surface area contributed by atoms with E-state index in [4.69, 9.17) is 0 Å². The summed E-state index contributed by atoms with van der Waals surface area (Å²) < 4.78 is 0. The van der Waals surface area contributed by atoms with Crippen molar-refractivity contribution in [2.45, 2.75) is 6.54 Å². The molecule has 21 heavy (non-hydrogen) atoms. The van der Waals surface area contributed by atoms with Crippen LogP contribution in [0.3, 0.4) is 0 Å². The van der Waals surface area contributed by atoms with E-state index >= 15 is 0 Å². The smallest absolute Gasteiger partial charge is 0.319 e. The zero-order chi connectivity index (χ0) is 15.2. The van der Waals surface area contributed by atoms with Crippen LogP contribution in [0.4, 0.5) is 10.5 Å². The van der Waals surface area contributed by atoms with E-state index in [1.54, 1.807) is 49.7 Å². The standard InChI is InChI=1S/C15H17N3O2S/c1-18(2)14(19)11-5-3-6-12(9-11)17-15(20)16-10-13-7-4-8-21-13/h3-9H,10H2,1-2H3,(H2,16,17,20). The first kappa shape index (κ1) is 15.1. The number of thiophene rings is 1. The third kappa shape index (κ3) is 4.32. The van der Waals surface area contributed by atoms with Gasteiger partial charge < -0.3 is 15.5 Å². The zero-order valence-electron chi connectivity index (χ0n) is 11.9. The molecule has 0 saturated heterocycles. The van der Waals surface area contributed by atoms with E-state index in [9.17, 15) is 9.59 Å². The highest BCUT2D eigenvalue weighted by molar-refractivity contribution is 7.09. The van der Waals surface area contributed by atoms with Crippen molar-refractivity contribution >= 4 is 29.0 Å². The summed E-state index contributed by atoms with van der Waals surface area (Å²) in [6.45, 7) is 0.486. The summed E-state index contributed by atoms with van der Waals surface area (Å²) in [5, 5.41) is 7.46. The van der Waals surface area contributed by atoms with Gasteiger partial charge in [-0.25, -0.2) is 4.79 Å². The number of benzene rings is 1. The lowest BCUT2D eigenvalue weighted by atomic mass is 10.2. The van der Waals surface area contributed by atoms with Crippen molar-refractivity contribution in [2.24, 2.45) is 0 Å². The molecule has 0 aliphatic rings. The first-order valence-corrected chi connectivity index (χ1v) is 7.33. The molecule has 1 heterocycles. The normalized spacial score (nSPS) is 10.0. The summed E-state index contributed by atoms with van der Waals surface area (Å²) in [4.78, 5) is 26.3. The summed E-state index contributed by atoms with van der Waals surface area (Å²) in [5.74, 6) is -0.0994. The van der Waals surface area contributed by atoms with E-state index in [1.807, 2.05) is 17.5 Å². The van der Waals surface area contributed by atoms with Crippen LogP contribution in [0.25, 0.3) is 0 Å². The van der Waals surface area contributed by atoms with Crippen molar-refractivity contribution in [3.8, 4) is 0 Å². The largest absolute Gasteiger partial charge is 0.345 e. The molecule has 3 amide bonds. The molecule has 0 atom stereocenters. The van der Waals surface area contributed by atoms with Crippen molar-refractivity contribution in [1.82, 2.24) is 10.2 Å². The molecule has 0 saturated carbocycles. The number of nitrogens with one attached hydrogen (secondary N) is 2. The van der Waals surface area contributed by atoms with Gasteiger partial charge in [-0.2, -0.15) is 0 Å². The van der Waals surface area contributed by atoms with Crippen LogP contribution < -0.4 is 10.6 Å². The lowest BCUT2D eigenvalue weighted by Gasteiger charge is -2.12. The number of amides is 3. The SMILES string of the molecule is CN(C)C(=O)c1cccc(NC(=O)NCc2cccs2)c1. The Morgan fingerprint density at radius 1 is 1.19 bits per heavy atom. The van der Waals surface area contributed by atoms with Gasteiger partial charge in [0.25, 0.3) is 5.91 Å². The van der Waals surface area contributed by atoms with Crippen LogP contribution in [0.5, 0.6) is 0 Å². The van der Waals surface area contributed by atoms with E-state index < -0.39 is 0 Å².